The Kier molecular flexibility index (Phi) is 3.42. The van der Waals surface area contributed by atoms with Gasteiger partial charge in [0.2, 0.25) is 11.8 Å². The highest BCUT2D eigenvalue weighted by Gasteiger charge is 2.27. The van der Waals surface area contributed by atoms with Gasteiger partial charge in [-0.1, -0.05) is 15.9 Å². The molecule has 1 fully saturated rings. The Balaban J connectivity index is 2.05. The van der Waals surface area contributed by atoms with Gasteiger partial charge in [-0.25, -0.2) is 4.39 Å². The van der Waals surface area contributed by atoms with Crippen LogP contribution in [-0.4, -0.2) is 17.9 Å². The fourth-order valence-electron chi connectivity index (χ4n) is 1.62. The van der Waals surface area contributed by atoms with E-state index in [0.29, 0.717) is 17.3 Å². The maximum absolute atomic E-state index is 13.4. The van der Waals surface area contributed by atoms with E-state index in [9.17, 15) is 14.0 Å². The normalized spacial score (nSPS) is 18.9. The van der Waals surface area contributed by atoms with E-state index in [1.165, 1.54) is 12.1 Å². The molecule has 1 saturated heterocycles. The summed E-state index contributed by atoms with van der Waals surface area (Å²) in [7, 11) is 0. The molecule has 6 heteroatoms. The molecule has 0 aromatic heterocycles. The van der Waals surface area contributed by atoms with Gasteiger partial charge in [0.05, 0.1) is 5.69 Å². The smallest absolute Gasteiger partial charge is 0.247 e. The minimum absolute atomic E-state index is 0.111. The van der Waals surface area contributed by atoms with Gasteiger partial charge in [-0.3, -0.25) is 9.59 Å². The van der Waals surface area contributed by atoms with Crippen LogP contribution >= 0.6 is 15.9 Å². The minimum atomic E-state index is -0.564. The van der Waals surface area contributed by atoms with E-state index in [1.54, 1.807) is 6.07 Å². The number of anilines is 1. The summed E-state index contributed by atoms with van der Waals surface area (Å²) < 4.78 is 14.0. The number of carbonyl (C=O) groups is 2. The summed E-state index contributed by atoms with van der Waals surface area (Å²) in [5, 5.41) is 4.97. The largest absolute Gasteiger partial charge is 0.344 e. The summed E-state index contributed by atoms with van der Waals surface area (Å²) in [6.45, 7) is 0. The molecule has 2 rings (SSSR count). The average Bonchev–Trinajstić information content (AvgIpc) is 2.69. The predicted molar refractivity (Wildman–Crippen MR) is 63.9 cm³/mol. The predicted octanol–water partition coefficient (Wildman–Crippen LogP) is 1.81. The maximum Gasteiger partial charge on any atom is 0.247 e. The van der Waals surface area contributed by atoms with Crippen LogP contribution in [0.5, 0.6) is 0 Å². The molecule has 1 atom stereocenters. The number of hydrogen-bond donors (Lipinski definition) is 2. The molecule has 2 N–H and O–H groups in total. The zero-order valence-electron chi connectivity index (χ0n) is 8.80. The first-order valence-corrected chi connectivity index (χ1v) is 5.91. The van der Waals surface area contributed by atoms with Crippen LogP contribution in [0.15, 0.2) is 22.7 Å². The Hall–Kier alpha value is -1.43. The molecule has 0 radical (unpaired) electrons. The summed E-state index contributed by atoms with van der Waals surface area (Å²) in [5.41, 5.74) is 0.111. The molecule has 0 spiro atoms. The van der Waals surface area contributed by atoms with Crippen molar-refractivity contribution in [1.29, 1.82) is 0 Å². The molecule has 90 valence electrons. The van der Waals surface area contributed by atoms with Crippen molar-refractivity contribution < 1.29 is 14.0 Å². The minimum Gasteiger partial charge on any atom is -0.344 e. The topological polar surface area (TPSA) is 58.2 Å². The number of nitrogens with one attached hydrogen (secondary N) is 2. The van der Waals surface area contributed by atoms with Crippen molar-refractivity contribution in [3.63, 3.8) is 0 Å². The van der Waals surface area contributed by atoms with E-state index in [1.807, 2.05) is 0 Å². The number of halogens is 2. The van der Waals surface area contributed by atoms with Crippen molar-refractivity contribution in [2.45, 2.75) is 18.9 Å². The van der Waals surface area contributed by atoms with Crippen molar-refractivity contribution in [2.75, 3.05) is 5.32 Å². The van der Waals surface area contributed by atoms with Crippen LogP contribution in [0.25, 0.3) is 0 Å². The van der Waals surface area contributed by atoms with Crippen molar-refractivity contribution in [2.24, 2.45) is 0 Å². The van der Waals surface area contributed by atoms with E-state index in [0.717, 1.165) is 0 Å². The summed E-state index contributed by atoms with van der Waals surface area (Å²) in [6.07, 6.45) is 0.781. The fourth-order valence-corrected chi connectivity index (χ4v) is 1.95. The van der Waals surface area contributed by atoms with Crippen molar-refractivity contribution in [3.8, 4) is 0 Å². The molecule has 0 bridgehead atoms. The third-order valence-corrected chi connectivity index (χ3v) is 2.99. The molecular weight excluding hydrogens is 291 g/mol. The lowest BCUT2D eigenvalue weighted by molar-refractivity contribution is -0.122. The third kappa shape index (κ3) is 2.82. The van der Waals surface area contributed by atoms with E-state index in [-0.39, 0.29) is 11.6 Å². The van der Waals surface area contributed by atoms with Crippen LogP contribution in [0.2, 0.25) is 0 Å². The van der Waals surface area contributed by atoms with Gasteiger partial charge in [-0.15, -0.1) is 0 Å². The number of carbonyl (C=O) groups excluding carboxylic acids is 2. The summed E-state index contributed by atoms with van der Waals surface area (Å²) in [6, 6.07) is 3.80. The van der Waals surface area contributed by atoms with Gasteiger partial charge in [0.1, 0.15) is 11.9 Å². The quantitative estimate of drug-likeness (QED) is 0.875. The van der Waals surface area contributed by atoms with Crippen molar-refractivity contribution >= 4 is 33.4 Å². The molecule has 1 aliphatic rings. The highest BCUT2D eigenvalue weighted by atomic mass is 79.9. The zero-order valence-corrected chi connectivity index (χ0v) is 10.4. The molecule has 17 heavy (non-hydrogen) atoms. The van der Waals surface area contributed by atoms with Gasteiger partial charge in [-0.2, -0.15) is 0 Å². The SMILES string of the molecule is O=C1CCC(C(=O)Nc2ccc(Br)cc2F)N1. The summed E-state index contributed by atoms with van der Waals surface area (Å²) in [4.78, 5) is 22.6. The number of amides is 2. The van der Waals surface area contributed by atoms with Gasteiger partial charge in [-0.05, 0) is 24.6 Å². The molecule has 1 heterocycles. The van der Waals surface area contributed by atoms with Crippen LogP contribution in [-0.2, 0) is 9.59 Å². The first kappa shape index (κ1) is 12.0. The Morgan fingerprint density at radius 3 is 2.88 bits per heavy atom. The first-order valence-electron chi connectivity index (χ1n) is 5.11. The lowest BCUT2D eigenvalue weighted by atomic mass is 10.2. The van der Waals surface area contributed by atoms with Crippen LogP contribution < -0.4 is 10.6 Å². The number of hydrogen-bond acceptors (Lipinski definition) is 2. The molecule has 1 aromatic rings. The Morgan fingerprint density at radius 2 is 2.29 bits per heavy atom. The van der Waals surface area contributed by atoms with E-state index in [2.05, 4.69) is 26.6 Å². The molecule has 4 nitrogen and oxygen atoms in total. The van der Waals surface area contributed by atoms with Crippen molar-refractivity contribution in [1.82, 2.24) is 5.32 Å². The Labute approximate surface area is 106 Å². The van der Waals surface area contributed by atoms with Gasteiger partial charge >= 0.3 is 0 Å². The molecule has 2 amide bonds. The standard InChI is InChI=1S/C11H10BrFN2O2/c12-6-1-2-8(7(13)5-6)15-11(17)9-3-4-10(16)14-9/h1-2,5,9H,3-4H2,(H,14,16)(H,15,17). The van der Waals surface area contributed by atoms with E-state index in [4.69, 9.17) is 0 Å². The highest BCUT2D eigenvalue weighted by Crippen LogP contribution is 2.20. The molecule has 0 saturated carbocycles. The number of rotatable bonds is 2. The van der Waals surface area contributed by atoms with Crippen LogP contribution in [0.1, 0.15) is 12.8 Å². The van der Waals surface area contributed by atoms with Crippen LogP contribution in [0.4, 0.5) is 10.1 Å². The Morgan fingerprint density at radius 1 is 1.53 bits per heavy atom. The molecule has 1 aromatic carbocycles. The monoisotopic (exact) mass is 300 g/mol. The van der Waals surface area contributed by atoms with Gasteiger partial charge < -0.3 is 10.6 Å². The van der Waals surface area contributed by atoms with Crippen LogP contribution in [0, 0.1) is 5.82 Å². The average molecular weight is 301 g/mol. The molecule has 1 unspecified atom stereocenters. The second-order valence-electron chi connectivity index (χ2n) is 3.77. The fraction of sp³-hybridized carbons (Fsp3) is 0.273. The second kappa shape index (κ2) is 4.83. The van der Waals surface area contributed by atoms with Gasteiger partial charge in [0.15, 0.2) is 0 Å². The first-order chi connectivity index (χ1) is 8.06. The summed E-state index contributed by atoms with van der Waals surface area (Å²) in [5.74, 6) is -1.06. The maximum atomic E-state index is 13.4. The third-order valence-electron chi connectivity index (χ3n) is 2.50. The van der Waals surface area contributed by atoms with E-state index < -0.39 is 17.8 Å². The number of benzene rings is 1. The molecule has 1 aliphatic heterocycles. The van der Waals surface area contributed by atoms with Crippen LogP contribution in [0.3, 0.4) is 0 Å². The second-order valence-corrected chi connectivity index (χ2v) is 4.69. The zero-order chi connectivity index (χ0) is 12.4. The highest BCUT2D eigenvalue weighted by molar-refractivity contribution is 9.10. The Bertz CT molecular complexity index is 479. The lowest BCUT2D eigenvalue weighted by Gasteiger charge is -2.11. The summed E-state index contributed by atoms with van der Waals surface area (Å²) >= 11 is 3.13. The lowest BCUT2D eigenvalue weighted by Crippen LogP contribution is -2.37. The van der Waals surface area contributed by atoms with Gasteiger partial charge in [0, 0.05) is 10.9 Å². The van der Waals surface area contributed by atoms with E-state index >= 15 is 0 Å². The molecular formula is C11H10BrFN2O2. The van der Waals surface area contributed by atoms with Gasteiger partial charge in [0.25, 0.3) is 0 Å². The molecule has 0 aliphatic carbocycles. The van der Waals surface area contributed by atoms with Crippen molar-refractivity contribution in [3.05, 3.63) is 28.5 Å².